The third kappa shape index (κ3) is 3.78. The number of aryl methyl sites for hydroxylation is 2. The van der Waals surface area contributed by atoms with E-state index in [9.17, 15) is 4.79 Å². The van der Waals surface area contributed by atoms with E-state index in [4.69, 9.17) is 4.42 Å². The highest BCUT2D eigenvalue weighted by molar-refractivity contribution is 5.74. The van der Waals surface area contributed by atoms with Crippen LogP contribution in [-0.4, -0.2) is 11.0 Å². The van der Waals surface area contributed by atoms with Crippen LogP contribution in [0.1, 0.15) is 54.8 Å². The lowest BCUT2D eigenvalue weighted by Crippen LogP contribution is -2.41. The Morgan fingerprint density at radius 1 is 1.38 bits per heavy atom. The maximum absolute atomic E-state index is 12.3. The van der Waals surface area contributed by atoms with Gasteiger partial charge in [-0.25, -0.2) is 4.79 Å². The van der Waals surface area contributed by atoms with Crippen molar-refractivity contribution in [2.24, 2.45) is 5.41 Å². The third-order valence-electron chi connectivity index (χ3n) is 4.42. The molecule has 2 heterocycles. The predicted octanol–water partition coefficient (Wildman–Crippen LogP) is 3.80. The first kappa shape index (κ1) is 16.6. The molecule has 0 spiro atoms. The van der Waals surface area contributed by atoms with Crippen LogP contribution in [0.15, 0.2) is 28.7 Å². The van der Waals surface area contributed by atoms with Crippen LogP contribution in [0.3, 0.4) is 0 Å². The molecular formula is C19H25N3O2. The van der Waals surface area contributed by atoms with E-state index in [2.05, 4.69) is 29.5 Å². The molecule has 24 heavy (non-hydrogen) atoms. The van der Waals surface area contributed by atoms with Crippen molar-refractivity contribution in [1.29, 1.82) is 0 Å². The Morgan fingerprint density at radius 3 is 2.92 bits per heavy atom. The summed E-state index contributed by atoms with van der Waals surface area (Å²) >= 11 is 0. The molecule has 0 radical (unpaired) electrons. The van der Waals surface area contributed by atoms with Gasteiger partial charge in [0, 0.05) is 17.7 Å². The molecule has 0 fully saturated rings. The van der Waals surface area contributed by atoms with Gasteiger partial charge in [0.25, 0.3) is 0 Å². The Hall–Kier alpha value is -2.30. The molecule has 1 unspecified atom stereocenters. The minimum absolute atomic E-state index is 0.0216. The summed E-state index contributed by atoms with van der Waals surface area (Å²) in [4.78, 5) is 16.7. The summed E-state index contributed by atoms with van der Waals surface area (Å²) < 4.78 is 5.81. The van der Waals surface area contributed by atoms with Crippen LogP contribution in [0.4, 0.5) is 4.79 Å². The summed E-state index contributed by atoms with van der Waals surface area (Å²) in [5.41, 5.74) is 3.01. The van der Waals surface area contributed by atoms with Gasteiger partial charge in [0.15, 0.2) is 0 Å². The zero-order valence-electron chi connectivity index (χ0n) is 14.8. The monoisotopic (exact) mass is 327 g/mol. The largest absolute Gasteiger partial charge is 0.466 e. The van der Waals surface area contributed by atoms with Crippen molar-refractivity contribution in [3.8, 4) is 0 Å². The van der Waals surface area contributed by atoms with Crippen molar-refractivity contribution in [3.63, 3.8) is 0 Å². The number of nitrogens with one attached hydrogen (secondary N) is 2. The number of nitrogens with zero attached hydrogens (tertiary/aromatic N) is 1. The van der Waals surface area contributed by atoms with Crippen LogP contribution in [0.25, 0.3) is 0 Å². The average Bonchev–Trinajstić information content (AvgIpc) is 2.84. The van der Waals surface area contributed by atoms with Gasteiger partial charge in [0.05, 0.1) is 18.3 Å². The van der Waals surface area contributed by atoms with Crippen molar-refractivity contribution < 1.29 is 9.21 Å². The fraction of sp³-hybridized carbons (Fsp3) is 0.474. The first-order valence-electron chi connectivity index (χ1n) is 8.38. The number of fused-ring (bicyclic) bond motifs is 1. The molecule has 0 saturated carbocycles. The van der Waals surface area contributed by atoms with Gasteiger partial charge in [-0.1, -0.05) is 19.9 Å². The van der Waals surface area contributed by atoms with Gasteiger partial charge in [-0.2, -0.15) is 0 Å². The zero-order valence-corrected chi connectivity index (χ0v) is 14.8. The van der Waals surface area contributed by atoms with Gasteiger partial charge in [0.2, 0.25) is 0 Å². The number of rotatable bonds is 3. The van der Waals surface area contributed by atoms with Gasteiger partial charge in [-0.3, -0.25) is 4.98 Å². The molecular weight excluding hydrogens is 302 g/mol. The predicted molar refractivity (Wildman–Crippen MR) is 92.6 cm³/mol. The SMILES string of the molecule is Cc1cccc(CNC(=O)NC2CC(C)(C)Cc3oc(C)cc32)n1. The Labute approximate surface area is 142 Å². The number of hydrogen-bond donors (Lipinski definition) is 2. The van der Waals surface area contributed by atoms with Crippen LogP contribution in [0.5, 0.6) is 0 Å². The van der Waals surface area contributed by atoms with Crippen LogP contribution < -0.4 is 10.6 Å². The zero-order chi connectivity index (χ0) is 17.3. The van der Waals surface area contributed by atoms with E-state index in [1.165, 1.54) is 0 Å². The van der Waals surface area contributed by atoms with Crippen LogP contribution in [-0.2, 0) is 13.0 Å². The topological polar surface area (TPSA) is 67.2 Å². The maximum Gasteiger partial charge on any atom is 0.315 e. The van der Waals surface area contributed by atoms with Crippen LogP contribution >= 0.6 is 0 Å². The third-order valence-corrected chi connectivity index (χ3v) is 4.42. The number of furan rings is 1. The van der Waals surface area contributed by atoms with E-state index in [0.717, 1.165) is 41.3 Å². The van der Waals surface area contributed by atoms with Crippen molar-refractivity contribution in [2.75, 3.05) is 0 Å². The van der Waals surface area contributed by atoms with Crippen molar-refractivity contribution in [1.82, 2.24) is 15.6 Å². The number of urea groups is 1. The van der Waals surface area contributed by atoms with Gasteiger partial charge in [0.1, 0.15) is 11.5 Å². The first-order valence-corrected chi connectivity index (χ1v) is 8.38. The second-order valence-electron chi connectivity index (χ2n) is 7.43. The summed E-state index contributed by atoms with van der Waals surface area (Å²) in [5.74, 6) is 1.89. The molecule has 128 valence electrons. The first-order chi connectivity index (χ1) is 11.3. The van der Waals surface area contributed by atoms with Gasteiger partial charge < -0.3 is 15.1 Å². The van der Waals surface area contributed by atoms with Crippen molar-refractivity contribution in [3.05, 3.63) is 52.7 Å². The molecule has 2 N–H and O–H groups in total. The Kier molecular flexibility index (Phi) is 4.35. The molecule has 1 aliphatic carbocycles. The number of amides is 2. The van der Waals surface area contributed by atoms with Crippen molar-refractivity contribution in [2.45, 2.75) is 53.1 Å². The maximum atomic E-state index is 12.3. The Balaban J connectivity index is 1.65. The molecule has 0 aromatic carbocycles. The molecule has 5 nitrogen and oxygen atoms in total. The van der Waals surface area contributed by atoms with E-state index in [1.807, 2.05) is 38.1 Å². The molecule has 2 amide bonds. The standard InChI is InChI=1S/C19H25N3O2/c1-12-6-5-7-14(21-12)11-20-18(23)22-16-9-19(3,4)10-17-15(16)8-13(2)24-17/h5-8,16H,9-11H2,1-4H3,(H2,20,22,23). The molecule has 1 atom stereocenters. The second kappa shape index (κ2) is 6.30. The number of hydrogen-bond acceptors (Lipinski definition) is 3. The minimum atomic E-state index is -0.175. The van der Waals surface area contributed by atoms with E-state index in [-0.39, 0.29) is 17.5 Å². The summed E-state index contributed by atoms with van der Waals surface area (Å²) in [7, 11) is 0. The van der Waals surface area contributed by atoms with Crippen LogP contribution in [0.2, 0.25) is 0 Å². The lowest BCUT2D eigenvalue weighted by molar-refractivity contribution is 0.214. The number of carbonyl (C=O) groups is 1. The van der Waals surface area contributed by atoms with E-state index in [1.54, 1.807) is 0 Å². The Bertz CT molecular complexity index is 749. The number of pyridine rings is 1. The molecule has 1 aliphatic rings. The summed E-state index contributed by atoms with van der Waals surface area (Å²) in [6.07, 6.45) is 1.80. The van der Waals surface area contributed by atoms with E-state index in [0.29, 0.717) is 6.54 Å². The van der Waals surface area contributed by atoms with Crippen molar-refractivity contribution >= 4 is 6.03 Å². The van der Waals surface area contributed by atoms with Crippen LogP contribution in [0, 0.1) is 19.3 Å². The summed E-state index contributed by atoms with van der Waals surface area (Å²) in [5, 5.41) is 5.99. The smallest absolute Gasteiger partial charge is 0.315 e. The van der Waals surface area contributed by atoms with E-state index >= 15 is 0 Å². The van der Waals surface area contributed by atoms with Gasteiger partial charge in [-0.15, -0.1) is 0 Å². The molecule has 3 rings (SSSR count). The molecule has 5 heteroatoms. The normalized spacial score (nSPS) is 18.8. The average molecular weight is 327 g/mol. The lowest BCUT2D eigenvalue weighted by Gasteiger charge is -2.34. The molecule has 0 bridgehead atoms. The fourth-order valence-electron chi connectivity index (χ4n) is 3.39. The fourth-order valence-corrected chi connectivity index (χ4v) is 3.39. The van der Waals surface area contributed by atoms with Gasteiger partial charge in [-0.05, 0) is 43.9 Å². The lowest BCUT2D eigenvalue weighted by atomic mass is 9.75. The molecule has 0 saturated heterocycles. The molecule has 2 aromatic heterocycles. The number of aromatic nitrogens is 1. The summed E-state index contributed by atoms with van der Waals surface area (Å²) in [6, 6.07) is 7.64. The molecule has 0 aliphatic heterocycles. The Morgan fingerprint density at radius 2 is 2.17 bits per heavy atom. The minimum Gasteiger partial charge on any atom is -0.466 e. The highest BCUT2D eigenvalue weighted by Gasteiger charge is 2.35. The number of carbonyl (C=O) groups excluding carboxylic acids is 1. The second-order valence-corrected chi connectivity index (χ2v) is 7.43. The van der Waals surface area contributed by atoms with E-state index < -0.39 is 0 Å². The highest BCUT2D eigenvalue weighted by Crippen LogP contribution is 2.41. The quantitative estimate of drug-likeness (QED) is 0.901. The van der Waals surface area contributed by atoms with Gasteiger partial charge >= 0.3 is 6.03 Å². The highest BCUT2D eigenvalue weighted by atomic mass is 16.3. The molecule has 2 aromatic rings. The summed E-state index contributed by atoms with van der Waals surface area (Å²) in [6.45, 7) is 8.72.